The van der Waals surface area contributed by atoms with Crippen LogP contribution in [0.15, 0.2) is 24.3 Å². The van der Waals surface area contributed by atoms with Gasteiger partial charge in [-0.05, 0) is 17.7 Å². The molecule has 0 aliphatic rings. The SMILES string of the molecule is Nc1[nH]nc2c1c(C(F)(F)F)nn2Cc1cccc(Cl)c1. The number of nitrogens with zero attached hydrogens (tertiary/aromatic N) is 3. The third-order valence-electron chi connectivity index (χ3n) is 2.97. The third kappa shape index (κ3) is 2.42. The van der Waals surface area contributed by atoms with Crippen molar-refractivity contribution >= 4 is 28.5 Å². The van der Waals surface area contributed by atoms with E-state index in [-0.39, 0.29) is 23.4 Å². The first kappa shape index (κ1) is 13.7. The predicted molar refractivity (Wildman–Crippen MR) is 71.8 cm³/mol. The van der Waals surface area contributed by atoms with E-state index in [0.29, 0.717) is 10.6 Å². The van der Waals surface area contributed by atoms with Crippen molar-refractivity contribution in [1.29, 1.82) is 0 Å². The number of fused-ring (bicyclic) bond motifs is 1. The summed E-state index contributed by atoms with van der Waals surface area (Å²) in [4.78, 5) is 0. The standard InChI is InChI=1S/C12H9ClF3N5/c13-7-3-1-2-6(4-7)5-21-11-8(10(17)18-19-11)9(20-21)12(14,15)16/h1-4H,5H2,(H3,17,18,19). The molecule has 0 spiro atoms. The molecule has 0 saturated heterocycles. The number of alkyl halides is 3. The fraction of sp³-hybridized carbons (Fsp3) is 0.167. The number of anilines is 1. The van der Waals surface area contributed by atoms with Crippen LogP contribution in [0.1, 0.15) is 11.3 Å². The van der Waals surface area contributed by atoms with E-state index in [1.807, 2.05) is 0 Å². The monoisotopic (exact) mass is 315 g/mol. The Morgan fingerprint density at radius 1 is 1.33 bits per heavy atom. The number of H-pyrrole nitrogens is 1. The fourth-order valence-electron chi connectivity index (χ4n) is 2.10. The normalized spacial score (nSPS) is 12.2. The van der Waals surface area contributed by atoms with Gasteiger partial charge < -0.3 is 5.73 Å². The van der Waals surface area contributed by atoms with Gasteiger partial charge in [0, 0.05) is 5.02 Å². The zero-order chi connectivity index (χ0) is 15.2. The summed E-state index contributed by atoms with van der Waals surface area (Å²) in [5.41, 5.74) is 5.23. The minimum atomic E-state index is -4.60. The minimum Gasteiger partial charge on any atom is -0.383 e. The molecule has 3 N–H and O–H groups in total. The number of hydrogen-bond donors (Lipinski definition) is 2. The van der Waals surface area contributed by atoms with Gasteiger partial charge in [0.15, 0.2) is 11.3 Å². The molecule has 9 heteroatoms. The second-order valence-electron chi connectivity index (χ2n) is 4.47. The molecule has 0 saturated carbocycles. The molecule has 0 atom stereocenters. The molecular formula is C12H9ClF3N5. The molecule has 0 unspecified atom stereocenters. The van der Waals surface area contributed by atoms with Gasteiger partial charge in [0.05, 0.1) is 11.9 Å². The van der Waals surface area contributed by atoms with E-state index in [1.54, 1.807) is 24.3 Å². The summed E-state index contributed by atoms with van der Waals surface area (Å²) in [5.74, 6) is -0.158. The molecule has 0 bridgehead atoms. The van der Waals surface area contributed by atoms with E-state index in [4.69, 9.17) is 17.3 Å². The maximum absolute atomic E-state index is 13.0. The van der Waals surface area contributed by atoms with Crippen molar-refractivity contribution in [2.75, 3.05) is 5.73 Å². The highest BCUT2D eigenvalue weighted by atomic mass is 35.5. The molecule has 3 rings (SSSR count). The zero-order valence-corrected chi connectivity index (χ0v) is 11.2. The van der Waals surface area contributed by atoms with Crippen LogP contribution in [0, 0.1) is 0 Å². The highest BCUT2D eigenvalue weighted by Gasteiger charge is 2.38. The number of nitrogen functional groups attached to an aromatic ring is 1. The second-order valence-corrected chi connectivity index (χ2v) is 4.91. The molecule has 0 aliphatic carbocycles. The van der Waals surface area contributed by atoms with Gasteiger partial charge in [-0.3, -0.25) is 5.10 Å². The van der Waals surface area contributed by atoms with Crippen molar-refractivity contribution in [2.45, 2.75) is 12.7 Å². The molecule has 21 heavy (non-hydrogen) atoms. The number of nitrogens with one attached hydrogen (secondary N) is 1. The van der Waals surface area contributed by atoms with Crippen molar-refractivity contribution in [2.24, 2.45) is 0 Å². The number of halogens is 4. The second kappa shape index (κ2) is 4.66. The minimum absolute atomic E-state index is 0.0554. The lowest BCUT2D eigenvalue weighted by molar-refractivity contribution is -0.140. The van der Waals surface area contributed by atoms with Gasteiger partial charge in [-0.1, -0.05) is 23.7 Å². The van der Waals surface area contributed by atoms with Gasteiger partial charge in [-0.2, -0.15) is 23.4 Å². The molecule has 0 fully saturated rings. The average Bonchev–Trinajstić information content (AvgIpc) is 2.91. The summed E-state index contributed by atoms with van der Waals surface area (Å²) >= 11 is 5.86. The Balaban J connectivity index is 2.11. The Kier molecular flexibility index (Phi) is 3.05. The van der Waals surface area contributed by atoms with E-state index >= 15 is 0 Å². The lowest BCUT2D eigenvalue weighted by Crippen LogP contribution is -2.10. The van der Waals surface area contributed by atoms with Crippen LogP contribution in [0.4, 0.5) is 19.0 Å². The van der Waals surface area contributed by atoms with E-state index in [1.165, 1.54) is 0 Å². The molecule has 5 nitrogen and oxygen atoms in total. The summed E-state index contributed by atoms with van der Waals surface area (Å²) in [5, 5.41) is 10.0. The predicted octanol–water partition coefficient (Wildman–Crippen LogP) is 3.06. The van der Waals surface area contributed by atoms with Crippen LogP contribution in [0.3, 0.4) is 0 Å². The summed E-state index contributed by atoms with van der Waals surface area (Å²) in [6.45, 7) is 0.109. The molecule has 1 aromatic carbocycles. The van der Waals surface area contributed by atoms with Gasteiger partial charge >= 0.3 is 6.18 Å². The average molecular weight is 316 g/mol. The Morgan fingerprint density at radius 3 is 2.76 bits per heavy atom. The summed E-state index contributed by atoms with van der Waals surface area (Å²) in [6.07, 6.45) is -4.60. The Morgan fingerprint density at radius 2 is 2.10 bits per heavy atom. The lowest BCUT2D eigenvalue weighted by Gasteiger charge is -2.04. The Hall–Kier alpha value is -2.22. The van der Waals surface area contributed by atoms with Gasteiger partial charge in [0.2, 0.25) is 0 Å². The number of hydrogen-bond acceptors (Lipinski definition) is 3. The Labute approximate surface area is 121 Å². The topological polar surface area (TPSA) is 72.5 Å². The van der Waals surface area contributed by atoms with Crippen LogP contribution < -0.4 is 5.73 Å². The van der Waals surface area contributed by atoms with Crippen LogP contribution >= 0.6 is 11.6 Å². The quantitative estimate of drug-likeness (QED) is 0.763. The van der Waals surface area contributed by atoms with Crippen LogP contribution in [-0.2, 0) is 12.7 Å². The summed E-state index contributed by atoms with van der Waals surface area (Å²) in [6, 6.07) is 6.78. The number of aromatic nitrogens is 4. The van der Waals surface area contributed by atoms with Crippen molar-refractivity contribution in [3.8, 4) is 0 Å². The largest absolute Gasteiger partial charge is 0.435 e. The summed E-state index contributed by atoms with van der Waals surface area (Å²) in [7, 11) is 0. The van der Waals surface area contributed by atoms with Gasteiger partial charge in [0.25, 0.3) is 0 Å². The van der Waals surface area contributed by atoms with Crippen molar-refractivity contribution in [3.05, 3.63) is 40.5 Å². The number of nitrogens with two attached hydrogens (primary N) is 1. The molecule has 0 radical (unpaired) electrons. The zero-order valence-electron chi connectivity index (χ0n) is 10.4. The van der Waals surface area contributed by atoms with E-state index in [0.717, 1.165) is 4.68 Å². The highest BCUT2D eigenvalue weighted by Crippen LogP contribution is 2.35. The lowest BCUT2D eigenvalue weighted by atomic mass is 10.2. The molecule has 0 aliphatic heterocycles. The number of rotatable bonds is 2. The van der Waals surface area contributed by atoms with Crippen molar-refractivity contribution in [3.63, 3.8) is 0 Å². The van der Waals surface area contributed by atoms with Crippen LogP contribution in [-0.4, -0.2) is 20.0 Å². The maximum Gasteiger partial charge on any atom is 0.435 e. The van der Waals surface area contributed by atoms with E-state index in [2.05, 4.69) is 15.3 Å². The van der Waals surface area contributed by atoms with Gasteiger partial charge in [0.1, 0.15) is 5.82 Å². The molecule has 110 valence electrons. The number of benzene rings is 1. The van der Waals surface area contributed by atoms with Crippen molar-refractivity contribution in [1.82, 2.24) is 20.0 Å². The molecular weight excluding hydrogens is 307 g/mol. The Bertz CT molecular complexity index is 805. The smallest absolute Gasteiger partial charge is 0.383 e. The van der Waals surface area contributed by atoms with E-state index < -0.39 is 11.9 Å². The molecule has 3 aromatic rings. The highest BCUT2D eigenvalue weighted by molar-refractivity contribution is 6.30. The summed E-state index contributed by atoms with van der Waals surface area (Å²) < 4.78 is 40.1. The van der Waals surface area contributed by atoms with E-state index in [9.17, 15) is 13.2 Å². The van der Waals surface area contributed by atoms with Gasteiger partial charge in [-0.25, -0.2) is 4.68 Å². The molecule has 0 amide bonds. The van der Waals surface area contributed by atoms with Crippen molar-refractivity contribution < 1.29 is 13.2 Å². The molecule has 2 aromatic heterocycles. The fourth-order valence-corrected chi connectivity index (χ4v) is 2.31. The number of aromatic amines is 1. The molecule has 2 heterocycles. The first-order valence-electron chi connectivity index (χ1n) is 5.88. The third-order valence-corrected chi connectivity index (χ3v) is 3.20. The first-order chi connectivity index (χ1) is 9.86. The maximum atomic E-state index is 13.0. The van der Waals surface area contributed by atoms with Crippen LogP contribution in [0.25, 0.3) is 11.0 Å². The van der Waals surface area contributed by atoms with Crippen LogP contribution in [0.2, 0.25) is 5.02 Å². The first-order valence-corrected chi connectivity index (χ1v) is 6.26. The van der Waals surface area contributed by atoms with Gasteiger partial charge in [-0.15, -0.1) is 0 Å². The van der Waals surface area contributed by atoms with Crippen LogP contribution in [0.5, 0.6) is 0 Å².